The summed E-state index contributed by atoms with van der Waals surface area (Å²) in [6, 6.07) is 54.4. The van der Waals surface area contributed by atoms with Crippen LogP contribution in [0.3, 0.4) is 0 Å². The molecule has 6 aromatic carbocycles. The Morgan fingerprint density at radius 2 is 0.860 bits per heavy atom. The lowest BCUT2D eigenvalue weighted by Crippen LogP contribution is -2.25. The Balaban J connectivity index is 1.35. The summed E-state index contributed by atoms with van der Waals surface area (Å²) in [6.07, 6.45) is 1.90. The molecule has 200 valence electrons. The Morgan fingerprint density at radius 1 is 0.372 bits per heavy atom. The quantitative estimate of drug-likeness (QED) is 0.220. The van der Waals surface area contributed by atoms with Crippen LogP contribution in [0.1, 0.15) is 22.3 Å². The first kappa shape index (κ1) is 24.0. The fourth-order valence-corrected chi connectivity index (χ4v) is 7.39. The van der Waals surface area contributed by atoms with E-state index in [4.69, 9.17) is 9.97 Å². The highest BCUT2D eigenvalue weighted by molar-refractivity contribution is 5.96. The van der Waals surface area contributed by atoms with Gasteiger partial charge >= 0.3 is 0 Å². The first-order valence-electron chi connectivity index (χ1n) is 14.8. The minimum Gasteiger partial charge on any atom is -0.252 e. The van der Waals surface area contributed by atoms with E-state index >= 15 is 0 Å². The Hall–Kier alpha value is -5.60. The summed E-state index contributed by atoms with van der Waals surface area (Å²) in [4.78, 5) is 10.3. The highest BCUT2D eigenvalue weighted by atomic mass is 14.8. The van der Waals surface area contributed by atoms with Crippen LogP contribution in [-0.4, -0.2) is 9.97 Å². The van der Waals surface area contributed by atoms with Crippen molar-refractivity contribution >= 4 is 0 Å². The van der Waals surface area contributed by atoms with Gasteiger partial charge in [0.25, 0.3) is 0 Å². The van der Waals surface area contributed by atoms with Crippen molar-refractivity contribution in [2.24, 2.45) is 0 Å². The first-order chi connectivity index (χ1) is 21.3. The zero-order valence-corrected chi connectivity index (χ0v) is 23.4. The van der Waals surface area contributed by atoms with Crippen LogP contribution < -0.4 is 0 Å². The summed E-state index contributed by atoms with van der Waals surface area (Å²) in [5.41, 5.74) is 15.9. The average Bonchev–Trinajstić information content (AvgIpc) is 3.56. The van der Waals surface area contributed by atoms with Gasteiger partial charge in [0.15, 0.2) is 0 Å². The van der Waals surface area contributed by atoms with Crippen molar-refractivity contribution in [3.8, 4) is 56.0 Å². The second kappa shape index (κ2) is 9.20. The van der Waals surface area contributed by atoms with Gasteiger partial charge in [-0.15, -0.1) is 0 Å². The maximum atomic E-state index is 5.31. The standard InChI is InChI=1S/C41H26N2/c1-3-13-27(14-4-1)38-26-42-39(28-15-5-2-6-16-28)40(43-38)29-23-24-33-32-19-9-12-22-36(32)41(37(33)25-29)34-20-10-7-17-30(34)31-18-8-11-21-35(31)41/h1-26H. The minimum atomic E-state index is -0.396. The van der Waals surface area contributed by atoms with Gasteiger partial charge in [-0.3, -0.25) is 4.98 Å². The summed E-state index contributed by atoms with van der Waals surface area (Å²) < 4.78 is 0. The maximum absolute atomic E-state index is 5.31. The predicted molar refractivity (Wildman–Crippen MR) is 175 cm³/mol. The highest BCUT2D eigenvalue weighted by Gasteiger charge is 2.51. The molecular weight excluding hydrogens is 520 g/mol. The van der Waals surface area contributed by atoms with E-state index in [1.165, 1.54) is 44.5 Å². The average molecular weight is 547 g/mol. The van der Waals surface area contributed by atoms with Gasteiger partial charge in [-0.1, -0.05) is 146 Å². The van der Waals surface area contributed by atoms with Gasteiger partial charge in [-0.05, 0) is 50.6 Å². The van der Waals surface area contributed by atoms with Crippen molar-refractivity contribution in [2.45, 2.75) is 5.41 Å². The summed E-state index contributed by atoms with van der Waals surface area (Å²) >= 11 is 0. The normalized spacial score (nSPS) is 13.3. The second-order valence-electron chi connectivity index (χ2n) is 11.3. The van der Waals surface area contributed by atoms with E-state index in [1.54, 1.807) is 0 Å². The fourth-order valence-electron chi connectivity index (χ4n) is 7.39. The lowest BCUT2D eigenvalue weighted by molar-refractivity contribution is 0.794. The number of benzene rings is 6. The van der Waals surface area contributed by atoms with Gasteiger partial charge in [0.05, 0.1) is 28.7 Å². The number of fused-ring (bicyclic) bond motifs is 10. The molecule has 0 fully saturated rings. The molecule has 0 unspecified atom stereocenters. The number of hydrogen-bond acceptors (Lipinski definition) is 2. The summed E-state index contributed by atoms with van der Waals surface area (Å²) in [7, 11) is 0. The fraction of sp³-hybridized carbons (Fsp3) is 0.0244. The number of hydrogen-bond donors (Lipinski definition) is 0. The minimum absolute atomic E-state index is 0.396. The lowest BCUT2D eigenvalue weighted by Gasteiger charge is -2.30. The number of nitrogens with zero attached hydrogens (tertiary/aromatic N) is 2. The number of aromatic nitrogens is 2. The van der Waals surface area contributed by atoms with Crippen LogP contribution in [0.5, 0.6) is 0 Å². The van der Waals surface area contributed by atoms with Gasteiger partial charge in [-0.2, -0.15) is 0 Å². The van der Waals surface area contributed by atoms with Gasteiger partial charge in [0.1, 0.15) is 0 Å². The molecule has 2 heteroatoms. The molecule has 1 heterocycles. The third-order valence-electron chi connectivity index (χ3n) is 9.16. The molecule has 0 amide bonds. The molecule has 0 saturated heterocycles. The highest BCUT2D eigenvalue weighted by Crippen LogP contribution is 2.63. The maximum Gasteiger partial charge on any atom is 0.0972 e. The molecule has 0 N–H and O–H groups in total. The zero-order valence-electron chi connectivity index (χ0n) is 23.4. The van der Waals surface area contributed by atoms with Crippen molar-refractivity contribution < 1.29 is 0 Å². The van der Waals surface area contributed by atoms with Crippen LogP contribution in [0.2, 0.25) is 0 Å². The molecule has 2 nitrogen and oxygen atoms in total. The third-order valence-corrected chi connectivity index (χ3v) is 9.16. The van der Waals surface area contributed by atoms with Gasteiger partial charge < -0.3 is 0 Å². The molecule has 1 spiro atoms. The predicted octanol–water partition coefficient (Wildman–Crippen LogP) is 9.82. The Bertz CT molecular complexity index is 2120. The SMILES string of the molecule is c1ccc(-c2cnc(-c3ccccc3)c(-c3ccc4c(c3)C3(c5ccccc5-c5ccccc53)c3ccccc3-4)n2)cc1. The van der Waals surface area contributed by atoms with E-state index in [2.05, 4.69) is 127 Å². The van der Waals surface area contributed by atoms with Crippen molar-refractivity contribution in [1.82, 2.24) is 9.97 Å². The molecule has 2 aliphatic carbocycles. The molecule has 0 radical (unpaired) electrons. The molecule has 0 saturated carbocycles. The molecule has 0 aliphatic heterocycles. The van der Waals surface area contributed by atoms with Crippen molar-refractivity contribution in [3.05, 3.63) is 180 Å². The van der Waals surface area contributed by atoms with Crippen LogP contribution in [-0.2, 0) is 5.41 Å². The van der Waals surface area contributed by atoms with E-state index in [9.17, 15) is 0 Å². The van der Waals surface area contributed by atoms with Crippen LogP contribution >= 0.6 is 0 Å². The van der Waals surface area contributed by atoms with Gasteiger partial charge in [0.2, 0.25) is 0 Å². The van der Waals surface area contributed by atoms with E-state index < -0.39 is 5.41 Å². The topological polar surface area (TPSA) is 25.8 Å². The second-order valence-corrected chi connectivity index (χ2v) is 11.3. The largest absolute Gasteiger partial charge is 0.252 e. The van der Waals surface area contributed by atoms with Crippen LogP contribution in [0.25, 0.3) is 56.0 Å². The monoisotopic (exact) mass is 546 g/mol. The molecular formula is C41H26N2. The van der Waals surface area contributed by atoms with Crippen LogP contribution in [0.4, 0.5) is 0 Å². The van der Waals surface area contributed by atoms with E-state index in [0.29, 0.717) is 0 Å². The summed E-state index contributed by atoms with van der Waals surface area (Å²) in [5.74, 6) is 0. The molecule has 0 bridgehead atoms. The summed E-state index contributed by atoms with van der Waals surface area (Å²) in [5, 5.41) is 0. The zero-order chi connectivity index (χ0) is 28.4. The molecule has 2 aliphatic rings. The Morgan fingerprint density at radius 3 is 1.44 bits per heavy atom. The van der Waals surface area contributed by atoms with E-state index in [-0.39, 0.29) is 0 Å². The molecule has 9 rings (SSSR count). The van der Waals surface area contributed by atoms with Gasteiger partial charge in [0, 0.05) is 16.7 Å². The van der Waals surface area contributed by atoms with Crippen molar-refractivity contribution in [3.63, 3.8) is 0 Å². The van der Waals surface area contributed by atoms with Gasteiger partial charge in [-0.25, -0.2) is 4.98 Å². The lowest BCUT2D eigenvalue weighted by atomic mass is 9.70. The molecule has 43 heavy (non-hydrogen) atoms. The van der Waals surface area contributed by atoms with Crippen LogP contribution in [0.15, 0.2) is 158 Å². The van der Waals surface area contributed by atoms with E-state index in [0.717, 1.165) is 33.8 Å². The van der Waals surface area contributed by atoms with Crippen LogP contribution in [0, 0.1) is 0 Å². The number of rotatable bonds is 3. The summed E-state index contributed by atoms with van der Waals surface area (Å²) in [6.45, 7) is 0. The molecule has 7 aromatic rings. The van der Waals surface area contributed by atoms with E-state index in [1.807, 2.05) is 30.5 Å². The Labute approximate surface area is 251 Å². The molecule has 1 aromatic heterocycles. The third kappa shape index (κ3) is 3.35. The van der Waals surface area contributed by atoms with Crippen molar-refractivity contribution in [1.29, 1.82) is 0 Å². The Kier molecular flexibility index (Phi) is 5.15. The molecule has 0 atom stereocenters. The first-order valence-corrected chi connectivity index (χ1v) is 14.8. The smallest absolute Gasteiger partial charge is 0.0972 e. The van der Waals surface area contributed by atoms with Crippen molar-refractivity contribution in [2.75, 3.05) is 0 Å².